The molecular weight excluding hydrogens is 338 g/mol. The molecule has 0 amide bonds. The first-order valence-electron chi connectivity index (χ1n) is 8.66. The molecule has 1 aromatic heterocycles. The van der Waals surface area contributed by atoms with Gasteiger partial charge in [0.05, 0.1) is 12.1 Å². The zero-order chi connectivity index (χ0) is 18.1. The third kappa shape index (κ3) is 3.37. The Bertz CT molecular complexity index is 913. The minimum absolute atomic E-state index is 0.151. The van der Waals surface area contributed by atoms with E-state index in [0.29, 0.717) is 38.4 Å². The minimum Gasteiger partial charge on any atom is -0.439 e. The van der Waals surface area contributed by atoms with Gasteiger partial charge in [0.2, 0.25) is 5.89 Å². The lowest BCUT2D eigenvalue weighted by molar-refractivity contribution is 0.0823. The van der Waals surface area contributed by atoms with E-state index in [1.54, 1.807) is 0 Å². The zero-order valence-electron chi connectivity index (χ0n) is 14.1. The van der Waals surface area contributed by atoms with Crippen LogP contribution in [0.2, 0.25) is 0 Å². The highest BCUT2D eigenvalue weighted by molar-refractivity contribution is 5.98. The molecule has 1 fully saturated rings. The maximum absolute atomic E-state index is 13.8. The first-order chi connectivity index (χ1) is 12.6. The fourth-order valence-corrected chi connectivity index (χ4v) is 3.44. The van der Waals surface area contributed by atoms with Crippen LogP contribution in [0.3, 0.4) is 0 Å². The molecule has 6 heteroatoms. The third-order valence-corrected chi connectivity index (χ3v) is 4.85. The maximum atomic E-state index is 13.8. The number of fused-ring (bicyclic) bond motifs is 1. The van der Waals surface area contributed by atoms with Gasteiger partial charge in [-0.3, -0.25) is 9.69 Å². The van der Waals surface area contributed by atoms with E-state index < -0.39 is 11.6 Å². The molecule has 1 saturated heterocycles. The number of benzene rings is 2. The number of ketones is 1. The molecule has 0 bridgehead atoms. The summed E-state index contributed by atoms with van der Waals surface area (Å²) in [5, 5.41) is 0. The summed E-state index contributed by atoms with van der Waals surface area (Å²) in [7, 11) is 0. The molecule has 134 valence electrons. The van der Waals surface area contributed by atoms with Gasteiger partial charge in [-0.15, -0.1) is 0 Å². The molecular formula is C20H18F2N2O2. The van der Waals surface area contributed by atoms with Gasteiger partial charge in [-0.05, 0) is 56.3 Å². The topological polar surface area (TPSA) is 46.3 Å². The molecule has 2 aromatic carbocycles. The van der Waals surface area contributed by atoms with Crippen molar-refractivity contribution in [3.63, 3.8) is 0 Å². The zero-order valence-corrected chi connectivity index (χ0v) is 14.1. The molecule has 0 radical (unpaired) electrons. The minimum atomic E-state index is -0.662. The Hall–Kier alpha value is -2.60. The van der Waals surface area contributed by atoms with Crippen molar-refractivity contribution in [1.29, 1.82) is 0 Å². The molecule has 4 nitrogen and oxygen atoms in total. The van der Waals surface area contributed by atoms with Crippen LogP contribution in [0.1, 0.15) is 29.1 Å². The van der Waals surface area contributed by atoms with Crippen LogP contribution in [-0.4, -0.2) is 28.8 Å². The summed E-state index contributed by atoms with van der Waals surface area (Å²) in [4.78, 5) is 19.1. The smallest absolute Gasteiger partial charge is 0.209 e. The number of rotatable bonds is 4. The lowest BCUT2D eigenvalue weighted by Crippen LogP contribution is -2.36. The lowest BCUT2D eigenvalue weighted by atomic mass is 9.88. The molecule has 4 rings (SSSR count). The normalized spacial score (nSPS) is 16.2. The van der Waals surface area contributed by atoms with Crippen molar-refractivity contribution in [3.05, 3.63) is 65.6 Å². The molecule has 0 unspecified atom stereocenters. The fraction of sp³-hybridized carbons (Fsp3) is 0.300. The average Bonchev–Trinajstić information content (AvgIpc) is 3.06. The second-order valence-electron chi connectivity index (χ2n) is 6.61. The molecule has 0 N–H and O–H groups in total. The van der Waals surface area contributed by atoms with Crippen LogP contribution < -0.4 is 0 Å². The van der Waals surface area contributed by atoms with Crippen molar-refractivity contribution in [3.8, 4) is 0 Å². The largest absolute Gasteiger partial charge is 0.439 e. The Morgan fingerprint density at radius 2 is 1.92 bits per heavy atom. The Labute approximate surface area is 149 Å². The molecule has 0 spiro atoms. The fourth-order valence-electron chi connectivity index (χ4n) is 3.44. The number of Topliss-reactive ketones (excluding diaryl/α,β-unsaturated/α-hetero) is 1. The van der Waals surface area contributed by atoms with Gasteiger partial charge in [0.1, 0.15) is 17.2 Å². The number of hydrogen-bond donors (Lipinski definition) is 0. The standard InChI is InChI=1S/C20H18F2N2O2/c21-14-5-6-16(22)15(11-14)20(25)13-7-9-24(10-8-13)12-19-23-17-3-1-2-4-18(17)26-19/h1-6,11,13H,7-10,12H2. The Morgan fingerprint density at radius 1 is 1.15 bits per heavy atom. The van der Waals surface area contributed by atoms with Crippen molar-refractivity contribution in [2.45, 2.75) is 19.4 Å². The van der Waals surface area contributed by atoms with E-state index in [1.807, 2.05) is 24.3 Å². The van der Waals surface area contributed by atoms with E-state index in [9.17, 15) is 13.6 Å². The molecule has 26 heavy (non-hydrogen) atoms. The summed E-state index contributed by atoms with van der Waals surface area (Å²) in [5.74, 6) is -1.21. The van der Waals surface area contributed by atoms with Crippen molar-refractivity contribution in [2.75, 3.05) is 13.1 Å². The predicted molar refractivity (Wildman–Crippen MR) is 92.7 cm³/mol. The van der Waals surface area contributed by atoms with E-state index in [4.69, 9.17) is 4.42 Å². The van der Waals surface area contributed by atoms with Crippen molar-refractivity contribution >= 4 is 16.9 Å². The number of halogens is 2. The molecule has 3 aromatic rings. The number of carbonyl (C=O) groups is 1. The van der Waals surface area contributed by atoms with Crippen LogP contribution in [0.5, 0.6) is 0 Å². The van der Waals surface area contributed by atoms with Crippen LogP contribution in [-0.2, 0) is 6.54 Å². The van der Waals surface area contributed by atoms with Crippen molar-refractivity contribution in [2.24, 2.45) is 5.92 Å². The Kier molecular flexibility index (Phi) is 4.51. The van der Waals surface area contributed by atoms with Crippen molar-refractivity contribution < 1.29 is 18.0 Å². The van der Waals surface area contributed by atoms with E-state index in [0.717, 1.165) is 29.3 Å². The number of oxazole rings is 1. The molecule has 0 atom stereocenters. The molecule has 0 aliphatic carbocycles. The van der Waals surface area contributed by atoms with E-state index in [2.05, 4.69) is 9.88 Å². The lowest BCUT2D eigenvalue weighted by Gasteiger charge is -2.30. The average molecular weight is 356 g/mol. The quantitative estimate of drug-likeness (QED) is 0.657. The highest BCUT2D eigenvalue weighted by atomic mass is 19.1. The van der Waals surface area contributed by atoms with E-state index in [-0.39, 0.29) is 17.3 Å². The van der Waals surface area contributed by atoms with Gasteiger partial charge in [0, 0.05) is 5.92 Å². The summed E-state index contributed by atoms with van der Waals surface area (Å²) >= 11 is 0. The number of piperidine rings is 1. The summed E-state index contributed by atoms with van der Waals surface area (Å²) in [6.45, 7) is 1.95. The van der Waals surface area contributed by atoms with Crippen LogP contribution >= 0.6 is 0 Å². The highest BCUT2D eigenvalue weighted by Gasteiger charge is 2.28. The summed E-state index contributed by atoms with van der Waals surface area (Å²) in [5.41, 5.74) is 1.44. The third-order valence-electron chi connectivity index (χ3n) is 4.85. The number of para-hydroxylation sites is 2. The Balaban J connectivity index is 1.39. The Morgan fingerprint density at radius 3 is 2.69 bits per heavy atom. The molecule has 0 saturated carbocycles. The first-order valence-corrected chi connectivity index (χ1v) is 8.66. The highest BCUT2D eigenvalue weighted by Crippen LogP contribution is 2.25. The second kappa shape index (κ2) is 6.96. The van der Waals surface area contributed by atoms with Crippen LogP contribution in [0.25, 0.3) is 11.1 Å². The summed E-state index contributed by atoms with van der Waals surface area (Å²) in [6, 6.07) is 10.6. The van der Waals surface area contributed by atoms with Crippen LogP contribution in [0, 0.1) is 17.6 Å². The van der Waals surface area contributed by atoms with Gasteiger partial charge in [-0.2, -0.15) is 0 Å². The monoisotopic (exact) mass is 356 g/mol. The van der Waals surface area contributed by atoms with Crippen LogP contribution in [0.15, 0.2) is 46.9 Å². The van der Waals surface area contributed by atoms with Crippen LogP contribution in [0.4, 0.5) is 8.78 Å². The number of nitrogens with zero attached hydrogens (tertiary/aromatic N) is 2. The van der Waals surface area contributed by atoms with Gasteiger partial charge in [0.25, 0.3) is 0 Å². The first kappa shape index (κ1) is 16.8. The second-order valence-corrected chi connectivity index (χ2v) is 6.61. The van der Waals surface area contributed by atoms with Gasteiger partial charge >= 0.3 is 0 Å². The van der Waals surface area contributed by atoms with Gasteiger partial charge in [-0.1, -0.05) is 12.1 Å². The SMILES string of the molecule is O=C(c1cc(F)ccc1F)C1CCN(Cc2nc3ccccc3o2)CC1. The van der Waals surface area contributed by atoms with Gasteiger partial charge in [0.15, 0.2) is 11.4 Å². The number of likely N-dealkylation sites (tertiary alicyclic amines) is 1. The predicted octanol–water partition coefficient (Wildman–Crippen LogP) is 4.20. The number of aromatic nitrogens is 1. The number of hydrogen-bond acceptors (Lipinski definition) is 4. The van der Waals surface area contributed by atoms with Gasteiger partial charge < -0.3 is 4.42 Å². The molecule has 1 aliphatic rings. The van der Waals surface area contributed by atoms with E-state index in [1.165, 1.54) is 0 Å². The maximum Gasteiger partial charge on any atom is 0.209 e. The summed E-state index contributed by atoms with van der Waals surface area (Å²) in [6.07, 6.45) is 1.21. The summed E-state index contributed by atoms with van der Waals surface area (Å²) < 4.78 is 32.9. The van der Waals surface area contributed by atoms with E-state index >= 15 is 0 Å². The molecule has 2 heterocycles. The van der Waals surface area contributed by atoms with Crippen molar-refractivity contribution in [1.82, 2.24) is 9.88 Å². The number of carbonyl (C=O) groups excluding carboxylic acids is 1. The van der Waals surface area contributed by atoms with Gasteiger partial charge in [-0.25, -0.2) is 13.8 Å². The molecule has 1 aliphatic heterocycles.